The Hall–Kier alpha value is -2.40. The molecule has 0 aliphatic rings. The maximum atomic E-state index is 11.9. The van der Waals surface area contributed by atoms with Gasteiger partial charge in [-0.1, -0.05) is 30.4 Å². The molecule has 0 radical (unpaired) electrons. The SMILES string of the molecule is CC=CC=CC(=O)Nc1ccccc1C(=O)NCCN. The van der Waals surface area contributed by atoms with Crippen LogP contribution in [0.15, 0.2) is 48.6 Å². The van der Waals surface area contributed by atoms with Gasteiger partial charge >= 0.3 is 0 Å². The summed E-state index contributed by atoms with van der Waals surface area (Å²) in [6.45, 7) is 2.62. The second-order valence-electron chi connectivity index (χ2n) is 3.96. The Kier molecular flexibility index (Phi) is 6.78. The van der Waals surface area contributed by atoms with E-state index in [4.69, 9.17) is 5.73 Å². The summed E-state index contributed by atoms with van der Waals surface area (Å²) >= 11 is 0. The highest BCUT2D eigenvalue weighted by Crippen LogP contribution is 2.14. The van der Waals surface area contributed by atoms with E-state index in [1.807, 2.05) is 13.0 Å². The minimum atomic E-state index is -0.290. The lowest BCUT2D eigenvalue weighted by Crippen LogP contribution is -2.29. The van der Waals surface area contributed by atoms with Crippen LogP contribution in [0, 0.1) is 0 Å². The molecule has 5 heteroatoms. The molecule has 2 amide bonds. The third-order valence-corrected chi connectivity index (χ3v) is 2.41. The Morgan fingerprint density at radius 2 is 2.00 bits per heavy atom. The van der Waals surface area contributed by atoms with Crippen molar-refractivity contribution in [2.24, 2.45) is 5.73 Å². The van der Waals surface area contributed by atoms with Crippen molar-refractivity contribution in [2.45, 2.75) is 6.92 Å². The summed E-state index contributed by atoms with van der Waals surface area (Å²) in [5, 5.41) is 5.35. The lowest BCUT2D eigenvalue weighted by atomic mass is 10.1. The number of nitrogens with one attached hydrogen (secondary N) is 2. The molecule has 0 bridgehead atoms. The zero-order valence-electron chi connectivity index (χ0n) is 11.4. The van der Waals surface area contributed by atoms with Crippen LogP contribution in [0.1, 0.15) is 17.3 Å². The molecule has 106 valence electrons. The van der Waals surface area contributed by atoms with Crippen LogP contribution in [0.4, 0.5) is 5.69 Å². The van der Waals surface area contributed by atoms with Gasteiger partial charge in [-0.2, -0.15) is 0 Å². The summed E-state index contributed by atoms with van der Waals surface area (Å²) < 4.78 is 0. The van der Waals surface area contributed by atoms with E-state index < -0.39 is 0 Å². The average molecular weight is 273 g/mol. The Morgan fingerprint density at radius 1 is 1.25 bits per heavy atom. The number of anilines is 1. The fourth-order valence-corrected chi connectivity index (χ4v) is 1.50. The number of para-hydroxylation sites is 1. The number of hydrogen-bond donors (Lipinski definition) is 3. The molecule has 0 spiro atoms. The predicted molar refractivity (Wildman–Crippen MR) is 80.4 cm³/mol. The van der Waals surface area contributed by atoms with Gasteiger partial charge in [0, 0.05) is 19.2 Å². The third-order valence-electron chi connectivity index (χ3n) is 2.41. The highest BCUT2D eigenvalue weighted by atomic mass is 16.2. The molecule has 0 aromatic heterocycles. The van der Waals surface area contributed by atoms with Crippen molar-refractivity contribution in [1.29, 1.82) is 0 Å². The van der Waals surface area contributed by atoms with Crippen LogP contribution in [0.2, 0.25) is 0 Å². The number of benzene rings is 1. The molecule has 5 nitrogen and oxygen atoms in total. The lowest BCUT2D eigenvalue weighted by Gasteiger charge is -2.09. The maximum Gasteiger partial charge on any atom is 0.253 e. The van der Waals surface area contributed by atoms with E-state index in [9.17, 15) is 9.59 Å². The van der Waals surface area contributed by atoms with Gasteiger partial charge < -0.3 is 16.4 Å². The molecule has 0 fully saturated rings. The van der Waals surface area contributed by atoms with Crippen LogP contribution in [-0.4, -0.2) is 24.9 Å². The van der Waals surface area contributed by atoms with Crippen LogP contribution in [0.5, 0.6) is 0 Å². The summed E-state index contributed by atoms with van der Waals surface area (Å²) in [5.74, 6) is -0.550. The maximum absolute atomic E-state index is 11.9. The summed E-state index contributed by atoms with van der Waals surface area (Å²) in [4.78, 5) is 23.6. The first kappa shape index (κ1) is 15.7. The summed E-state index contributed by atoms with van der Waals surface area (Å²) in [7, 11) is 0. The molecule has 0 saturated heterocycles. The van der Waals surface area contributed by atoms with Gasteiger partial charge in [-0.15, -0.1) is 0 Å². The van der Waals surface area contributed by atoms with E-state index in [1.54, 1.807) is 36.4 Å². The van der Waals surface area contributed by atoms with E-state index in [0.29, 0.717) is 24.3 Å². The van der Waals surface area contributed by atoms with Crippen LogP contribution in [-0.2, 0) is 4.79 Å². The number of rotatable bonds is 6. The van der Waals surface area contributed by atoms with Crippen molar-refractivity contribution in [3.63, 3.8) is 0 Å². The van der Waals surface area contributed by atoms with Gasteiger partial charge in [-0.25, -0.2) is 0 Å². The van der Waals surface area contributed by atoms with E-state index >= 15 is 0 Å². The molecule has 0 saturated carbocycles. The van der Waals surface area contributed by atoms with E-state index in [-0.39, 0.29) is 11.8 Å². The third kappa shape index (κ3) is 5.07. The van der Waals surface area contributed by atoms with Crippen LogP contribution >= 0.6 is 0 Å². The highest BCUT2D eigenvalue weighted by Gasteiger charge is 2.11. The Bertz CT molecular complexity index is 522. The topological polar surface area (TPSA) is 84.2 Å². The van der Waals surface area contributed by atoms with Gasteiger partial charge in [0.25, 0.3) is 5.91 Å². The number of hydrogen-bond acceptors (Lipinski definition) is 3. The van der Waals surface area contributed by atoms with Gasteiger partial charge in [0.05, 0.1) is 11.3 Å². The van der Waals surface area contributed by atoms with Crippen molar-refractivity contribution in [3.05, 3.63) is 54.1 Å². The molecule has 0 aliphatic heterocycles. The molecule has 0 atom stereocenters. The number of carbonyl (C=O) groups excluding carboxylic acids is 2. The number of carbonyl (C=O) groups is 2. The van der Waals surface area contributed by atoms with Crippen molar-refractivity contribution in [1.82, 2.24) is 5.32 Å². The molecule has 0 heterocycles. The normalized spacial score (nSPS) is 10.9. The Labute approximate surface area is 118 Å². The summed E-state index contributed by atoms with van der Waals surface area (Å²) in [6, 6.07) is 6.82. The van der Waals surface area contributed by atoms with Crippen molar-refractivity contribution < 1.29 is 9.59 Å². The fourth-order valence-electron chi connectivity index (χ4n) is 1.50. The molecule has 0 aliphatic carbocycles. The molecule has 20 heavy (non-hydrogen) atoms. The van der Waals surface area contributed by atoms with Gasteiger partial charge in [-0.05, 0) is 19.1 Å². The molecule has 1 rings (SSSR count). The largest absolute Gasteiger partial charge is 0.351 e. The second kappa shape index (κ2) is 8.66. The lowest BCUT2D eigenvalue weighted by molar-refractivity contribution is -0.111. The first-order valence-corrected chi connectivity index (χ1v) is 6.36. The fraction of sp³-hybridized carbons (Fsp3) is 0.200. The summed E-state index contributed by atoms with van der Waals surface area (Å²) in [6.07, 6.45) is 6.60. The van der Waals surface area contributed by atoms with Gasteiger partial charge in [0.2, 0.25) is 5.91 Å². The molecular weight excluding hydrogens is 254 g/mol. The molecule has 1 aromatic carbocycles. The quantitative estimate of drug-likeness (QED) is 0.541. The van der Waals surface area contributed by atoms with Crippen molar-refractivity contribution >= 4 is 17.5 Å². The number of amides is 2. The van der Waals surface area contributed by atoms with Gasteiger partial charge in [0.1, 0.15) is 0 Å². The monoisotopic (exact) mass is 273 g/mol. The standard InChI is InChI=1S/C15H19N3O2/c1-2-3-4-9-14(19)18-13-8-6-5-7-12(13)15(20)17-11-10-16/h2-9H,10-11,16H2,1H3,(H,17,20)(H,18,19). The van der Waals surface area contributed by atoms with Crippen molar-refractivity contribution in [2.75, 3.05) is 18.4 Å². The van der Waals surface area contributed by atoms with Crippen LogP contribution in [0.3, 0.4) is 0 Å². The molecule has 1 aromatic rings. The van der Waals surface area contributed by atoms with Gasteiger partial charge in [-0.3, -0.25) is 9.59 Å². The number of allylic oxidation sites excluding steroid dienone is 3. The molecule has 0 unspecified atom stereocenters. The second-order valence-corrected chi connectivity index (χ2v) is 3.96. The Balaban J connectivity index is 2.80. The zero-order chi connectivity index (χ0) is 14.8. The van der Waals surface area contributed by atoms with E-state index in [1.165, 1.54) is 6.08 Å². The highest BCUT2D eigenvalue weighted by molar-refractivity contribution is 6.06. The van der Waals surface area contributed by atoms with Crippen LogP contribution < -0.4 is 16.4 Å². The average Bonchev–Trinajstić information content (AvgIpc) is 2.45. The van der Waals surface area contributed by atoms with Crippen molar-refractivity contribution in [3.8, 4) is 0 Å². The zero-order valence-corrected chi connectivity index (χ0v) is 11.4. The minimum Gasteiger partial charge on any atom is -0.351 e. The summed E-state index contributed by atoms with van der Waals surface area (Å²) in [5.41, 5.74) is 6.22. The van der Waals surface area contributed by atoms with Crippen LogP contribution in [0.25, 0.3) is 0 Å². The minimum absolute atomic E-state index is 0.260. The van der Waals surface area contributed by atoms with E-state index in [2.05, 4.69) is 10.6 Å². The van der Waals surface area contributed by atoms with E-state index in [0.717, 1.165) is 0 Å². The predicted octanol–water partition coefficient (Wildman–Crippen LogP) is 1.45. The first-order valence-electron chi connectivity index (χ1n) is 6.36. The first-order chi connectivity index (χ1) is 9.69. The Morgan fingerprint density at radius 3 is 2.70 bits per heavy atom. The number of nitrogens with two attached hydrogens (primary N) is 1. The molecular formula is C15H19N3O2. The van der Waals surface area contributed by atoms with Gasteiger partial charge in [0.15, 0.2) is 0 Å². The smallest absolute Gasteiger partial charge is 0.253 e. The molecule has 4 N–H and O–H groups in total.